The number of aryl methyl sites for hydroxylation is 1. The second-order valence-electron chi connectivity index (χ2n) is 30.8. The lowest BCUT2D eigenvalue weighted by molar-refractivity contribution is -0.387. The van der Waals surface area contributed by atoms with Crippen LogP contribution in [0, 0.1) is 43.1 Å². The molecular weight excluding hydrogens is 1730 g/mol. The molecule has 30 heteroatoms. The van der Waals surface area contributed by atoms with Crippen molar-refractivity contribution >= 4 is 121 Å². The van der Waals surface area contributed by atoms with Crippen LogP contribution in [0.15, 0.2) is 352 Å². The second kappa shape index (κ2) is 49.7. The first-order chi connectivity index (χ1) is 65.3. The Balaban J connectivity index is 0.000000153. The number of rotatable bonds is 22. The molecule has 0 radical (unpaired) electrons. The summed E-state index contributed by atoms with van der Waals surface area (Å²) in [7, 11) is 1.26. The zero-order valence-corrected chi connectivity index (χ0v) is 74.9. The lowest BCUT2D eigenvalue weighted by Crippen LogP contribution is -2.32. The number of nitrogens with two attached hydrogens (primary N) is 1. The summed E-state index contributed by atoms with van der Waals surface area (Å²) in [4.78, 5) is 136. The van der Waals surface area contributed by atoms with Crippen molar-refractivity contribution in [1.82, 2.24) is 14.8 Å². The second-order valence-corrected chi connectivity index (χ2v) is 31.4. The van der Waals surface area contributed by atoms with E-state index < -0.39 is 33.2 Å². The van der Waals surface area contributed by atoms with Gasteiger partial charge in [0.2, 0.25) is 35.4 Å². The third-order valence-corrected chi connectivity index (χ3v) is 21.4. The molecule has 0 fully saturated rings. The van der Waals surface area contributed by atoms with E-state index in [9.17, 15) is 73.1 Å². The van der Waals surface area contributed by atoms with Gasteiger partial charge in [0.25, 0.3) is 11.4 Å². The molecule has 14 aromatic rings. The fourth-order valence-corrected chi connectivity index (χ4v) is 14.9. The monoisotopic (exact) mass is 1830 g/mol. The molecule has 684 valence electrons. The van der Waals surface area contributed by atoms with Gasteiger partial charge in [0.05, 0.1) is 103 Å². The number of carbonyl (C=O) groups is 8. The number of halogens is 1. The van der Waals surface area contributed by atoms with Crippen molar-refractivity contribution in [1.29, 1.82) is 0 Å². The topological polar surface area (TPSA) is 360 Å². The van der Waals surface area contributed by atoms with Crippen LogP contribution in [0.1, 0.15) is 88.8 Å². The summed E-state index contributed by atoms with van der Waals surface area (Å²) in [5.74, 6) is -1.00. The number of para-hydroxylation sites is 11. The van der Waals surface area contributed by atoms with E-state index >= 15 is 0 Å². The summed E-state index contributed by atoms with van der Waals surface area (Å²) >= 11 is 5.32. The van der Waals surface area contributed by atoms with Crippen LogP contribution in [-0.2, 0) is 102 Å². The standard InChI is InChI=1S/C18H16N4O.C17H16N2O4.C17H18N2O3.C17H15NO2.C17H15NOS.C13H12N2O2.C6H4FNO2/c1-13-19-20-17-11-18(23)21(12-14-7-3-2-4-8-14)15-9-5-6-10-16(15)22(13)17;1-13(20)11-17(21)18(12-14-7-3-2-4-8-14)15-9-5-6-10-16(15)19(22)23;1-22-17(21)11-16(20)19(12-13-7-3-2-4-8-13)15-10-6-5-9-14(15)18;19-15-10-14-8-4-5-9-16(14)18(17(20)11-15)12-13-6-2-1-3-7-13;19-17-11-15(20)10-14-8-4-5-9-16(14)18(17)12-13-6-2-1-3-7-13;16-15(17)13-9-5-4-8-12(13)14-10-11-6-2-1-3-7-11;7-5-3-1-2-4-6(5)8(9)10/h2*2-10H,11-12H2,1H3;2-10H,11-12,18H2,1H3;2*1-9H,10-12H2;1-9,14H,10H2;1-4H. The summed E-state index contributed by atoms with van der Waals surface area (Å²) in [6.07, 6.45) is 1.03. The van der Waals surface area contributed by atoms with Gasteiger partial charge in [-0.15, -0.1) is 10.2 Å². The number of hydrogen-bond acceptors (Lipinski definition) is 20. The number of nitrogen functional groups attached to an aromatic ring is 1. The number of esters is 1. The highest BCUT2D eigenvalue weighted by Gasteiger charge is 2.32. The van der Waals surface area contributed by atoms with Gasteiger partial charge >= 0.3 is 11.7 Å². The number of nitro benzene ring substituents is 3. The number of ether oxygens (including phenoxy) is 1. The van der Waals surface area contributed by atoms with Gasteiger partial charge in [-0.2, -0.15) is 4.39 Å². The van der Waals surface area contributed by atoms with E-state index in [4.69, 9.17) is 18.0 Å². The van der Waals surface area contributed by atoms with E-state index in [2.05, 4.69) is 26.3 Å². The predicted octanol–water partition coefficient (Wildman–Crippen LogP) is 19.3. The number of ketones is 2. The maximum atomic E-state index is 12.8. The molecule has 17 rings (SSSR count). The van der Waals surface area contributed by atoms with E-state index in [1.54, 1.807) is 53.4 Å². The summed E-state index contributed by atoms with van der Waals surface area (Å²) in [5.41, 5.74) is 19.1. The third-order valence-electron chi connectivity index (χ3n) is 21.1. The van der Waals surface area contributed by atoms with Crippen molar-refractivity contribution in [3.05, 3.63) is 444 Å². The Bertz CT molecular complexity index is 6370. The molecule has 1 aromatic heterocycles. The smallest absolute Gasteiger partial charge is 0.315 e. The predicted molar refractivity (Wildman–Crippen MR) is 521 cm³/mol. The highest BCUT2D eigenvalue weighted by atomic mass is 32.1. The maximum Gasteiger partial charge on any atom is 0.315 e. The molecule has 0 unspecified atom stereocenters. The number of carbonyl (C=O) groups excluding carboxylic acids is 8. The van der Waals surface area contributed by atoms with E-state index in [1.807, 2.05) is 270 Å². The molecule has 3 aliphatic heterocycles. The van der Waals surface area contributed by atoms with Crippen molar-refractivity contribution < 1.29 is 62.3 Å². The zero-order valence-electron chi connectivity index (χ0n) is 74.1. The average Bonchev–Trinajstić information content (AvgIpc) is 1.62. The molecule has 4 heterocycles. The molecule has 0 atom stereocenters. The third kappa shape index (κ3) is 28.7. The number of amides is 5. The maximum absolute atomic E-state index is 12.8. The van der Waals surface area contributed by atoms with Gasteiger partial charge in [0.15, 0.2) is 0 Å². The Hall–Kier alpha value is -17.0. The number of fused-ring (bicyclic) bond motifs is 5. The Kier molecular flexibility index (Phi) is 36.3. The summed E-state index contributed by atoms with van der Waals surface area (Å²) in [5, 5.41) is 43.4. The molecule has 13 aromatic carbocycles. The number of nitrogens with one attached hydrogen (secondary N) is 1. The number of hydrogen-bond donors (Lipinski definition) is 2. The normalized spacial score (nSPS) is 12.0. The van der Waals surface area contributed by atoms with Crippen LogP contribution in [0.5, 0.6) is 0 Å². The first kappa shape index (κ1) is 98.6. The van der Waals surface area contributed by atoms with Crippen LogP contribution in [0.4, 0.5) is 61.3 Å². The van der Waals surface area contributed by atoms with Gasteiger partial charge in [-0.3, -0.25) is 73.3 Å². The Morgan fingerprint density at radius 3 is 1.28 bits per heavy atom. The largest absolute Gasteiger partial charge is 0.469 e. The van der Waals surface area contributed by atoms with Crippen LogP contribution >= 0.6 is 12.2 Å². The van der Waals surface area contributed by atoms with Gasteiger partial charge in [-0.25, -0.2) is 0 Å². The van der Waals surface area contributed by atoms with E-state index in [0.29, 0.717) is 74.9 Å². The van der Waals surface area contributed by atoms with Crippen LogP contribution in [0.3, 0.4) is 0 Å². The highest BCUT2D eigenvalue weighted by Crippen LogP contribution is 2.35. The van der Waals surface area contributed by atoms with Gasteiger partial charge in [-0.1, -0.05) is 291 Å². The van der Waals surface area contributed by atoms with Gasteiger partial charge < -0.3 is 40.3 Å². The minimum atomic E-state index is -0.799. The minimum absolute atomic E-state index is 0.0124. The number of anilines is 7. The lowest BCUT2D eigenvalue weighted by Gasteiger charge is -2.24. The van der Waals surface area contributed by atoms with Gasteiger partial charge in [-0.05, 0) is 113 Å². The summed E-state index contributed by atoms with van der Waals surface area (Å²) in [6, 6.07) is 107. The number of thiocarbonyl (C=S) groups is 1. The molecule has 5 amide bonds. The van der Waals surface area contributed by atoms with E-state index in [1.165, 1.54) is 60.2 Å². The first-order valence-electron chi connectivity index (χ1n) is 42.8. The molecule has 3 aliphatic rings. The fraction of sp³-hybridized carbons (Fsp3) is 0.152. The molecule has 28 nitrogen and oxygen atoms in total. The number of Topliss-reactive ketones (excluding diaryl/α,β-unsaturated/α-hetero) is 2. The molecule has 0 saturated heterocycles. The molecule has 0 bridgehead atoms. The molecule has 0 spiro atoms. The Morgan fingerprint density at radius 2 is 0.800 bits per heavy atom. The molecule has 135 heavy (non-hydrogen) atoms. The van der Waals surface area contributed by atoms with Crippen molar-refractivity contribution in [2.75, 3.05) is 42.7 Å². The SMILES string of the molecule is CC(=O)CC(=O)N(Cc1ccccc1)c1ccccc1[N+](=O)[O-].COC(=O)CC(=O)N(Cc1ccccc1)c1ccccc1N.Cc1nnc2n1-c1ccccc1N(Cc1ccccc1)C(=O)C2.O=C1CC(=O)N(Cc2ccccc2)c2ccccc2C1.O=C1CC(=S)Cc2ccccc2N1Cc1ccccc1.O=[N+]([O-])c1ccccc1F.O=[N+]([O-])c1ccccc1NCc1ccccc1. The number of methoxy groups -OCH3 is 1. The van der Waals surface area contributed by atoms with Crippen molar-refractivity contribution in [2.45, 2.75) is 98.1 Å². The van der Waals surface area contributed by atoms with Crippen molar-refractivity contribution in [3.63, 3.8) is 0 Å². The van der Waals surface area contributed by atoms with Crippen LogP contribution < -0.4 is 35.6 Å². The fourth-order valence-electron chi connectivity index (χ4n) is 14.6. The van der Waals surface area contributed by atoms with Crippen LogP contribution in [0.25, 0.3) is 5.69 Å². The average molecular weight is 1830 g/mol. The van der Waals surface area contributed by atoms with Crippen LogP contribution in [-0.4, -0.2) is 88.6 Å². The summed E-state index contributed by atoms with van der Waals surface area (Å²) < 4.78 is 18.9. The first-order valence-corrected chi connectivity index (χ1v) is 43.2. The highest BCUT2D eigenvalue weighted by molar-refractivity contribution is 7.80. The number of nitrogens with zero attached hydrogens (tertiary/aromatic N) is 11. The molecule has 0 saturated carbocycles. The van der Waals surface area contributed by atoms with Crippen LogP contribution in [0.2, 0.25) is 0 Å². The van der Waals surface area contributed by atoms with Crippen molar-refractivity contribution in [3.8, 4) is 5.69 Å². The minimum Gasteiger partial charge on any atom is -0.469 e. The Labute approximate surface area is 784 Å². The molecular formula is C105H96FN13O15S. The summed E-state index contributed by atoms with van der Waals surface area (Å²) in [6.45, 7) is 5.95. The zero-order chi connectivity index (χ0) is 96.1. The van der Waals surface area contributed by atoms with Gasteiger partial charge in [0.1, 0.15) is 41.0 Å². The van der Waals surface area contributed by atoms with Crippen molar-refractivity contribution in [2.24, 2.45) is 0 Å². The number of benzene rings is 13. The van der Waals surface area contributed by atoms with Gasteiger partial charge in [0, 0.05) is 53.8 Å². The number of aromatic nitrogens is 3. The van der Waals surface area contributed by atoms with E-state index in [-0.39, 0.29) is 89.4 Å². The number of nitro groups is 3. The lowest BCUT2D eigenvalue weighted by atomic mass is 10.1. The quantitative estimate of drug-likeness (QED) is 0.0159. The molecule has 3 N–H and O–H groups in total. The molecule has 0 aliphatic carbocycles. The van der Waals surface area contributed by atoms with E-state index in [0.717, 1.165) is 90.1 Å². The Morgan fingerprint density at radius 1 is 0.422 bits per heavy atom.